The molecule has 4 heteroatoms. The molecule has 1 amide bonds. The molecule has 0 aromatic heterocycles. The summed E-state index contributed by atoms with van der Waals surface area (Å²) < 4.78 is 0. The lowest BCUT2D eigenvalue weighted by Gasteiger charge is -2.26. The Labute approximate surface area is 90.6 Å². The topological polar surface area (TPSA) is 32.3 Å². The van der Waals surface area contributed by atoms with Crippen molar-refractivity contribution in [3.63, 3.8) is 0 Å². The van der Waals surface area contributed by atoms with Crippen molar-refractivity contribution >= 4 is 17.7 Å². The molecule has 1 aliphatic heterocycles. The molecule has 0 aromatic rings. The first kappa shape index (κ1) is 11.9. The van der Waals surface area contributed by atoms with Gasteiger partial charge in [0.05, 0.1) is 0 Å². The van der Waals surface area contributed by atoms with Crippen molar-refractivity contribution in [1.82, 2.24) is 10.2 Å². The first-order chi connectivity index (χ1) is 6.70. The van der Waals surface area contributed by atoms with Crippen LogP contribution in [-0.2, 0) is 4.79 Å². The predicted molar refractivity (Wildman–Crippen MR) is 61.6 cm³/mol. The number of carbonyl (C=O) groups is 1. The van der Waals surface area contributed by atoms with E-state index in [9.17, 15) is 4.79 Å². The van der Waals surface area contributed by atoms with Crippen molar-refractivity contribution in [2.45, 2.75) is 13.8 Å². The lowest BCUT2D eigenvalue weighted by molar-refractivity contribution is -0.124. The lowest BCUT2D eigenvalue weighted by atomic mass is 10.2. The summed E-state index contributed by atoms with van der Waals surface area (Å²) in [4.78, 5) is 13.7. The number of amides is 1. The number of hydrogen-bond donors (Lipinski definition) is 1. The minimum Gasteiger partial charge on any atom is -0.355 e. The number of thioether (sulfide) groups is 1. The molecule has 1 heterocycles. The van der Waals surface area contributed by atoms with Crippen molar-refractivity contribution in [1.29, 1.82) is 0 Å². The molecule has 0 radical (unpaired) electrons. The van der Waals surface area contributed by atoms with Gasteiger partial charge in [0.25, 0.3) is 0 Å². The highest BCUT2D eigenvalue weighted by Gasteiger charge is 2.10. The Hall–Kier alpha value is -0.220. The third kappa shape index (κ3) is 4.33. The fourth-order valence-corrected chi connectivity index (χ4v) is 2.34. The van der Waals surface area contributed by atoms with Gasteiger partial charge in [0.2, 0.25) is 5.91 Å². The van der Waals surface area contributed by atoms with E-state index >= 15 is 0 Å². The molecule has 0 aliphatic carbocycles. The second kappa shape index (κ2) is 6.30. The molecule has 1 fully saturated rings. The van der Waals surface area contributed by atoms with E-state index in [0.29, 0.717) is 0 Å². The highest BCUT2D eigenvalue weighted by molar-refractivity contribution is 7.99. The van der Waals surface area contributed by atoms with E-state index in [2.05, 4.69) is 10.2 Å². The summed E-state index contributed by atoms with van der Waals surface area (Å²) in [5, 5.41) is 2.94. The number of carbonyl (C=O) groups excluding carboxylic acids is 1. The van der Waals surface area contributed by atoms with Gasteiger partial charge in [0, 0.05) is 43.6 Å². The number of hydrogen-bond acceptors (Lipinski definition) is 3. The molecule has 0 atom stereocenters. The molecule has 0 saturated carbocycles. The molecule has 1 aliphatic rings. The van der Waals surface area contributed by atoms with Gasteiger partial charge in [-0.15, -0.1) is 0 Å². The average molecular weight is 216 g/mol. The van der Waals surface area contributed by atoms with Gasteiger partial charge in [-0.2, -0.15) is 11.8 Å². The van der Waals surface area contributed by atoms with E-state index < -0.39 is 0 Å². The SMILES string of the molecule is CC(C)C(=O)NCCN1CCSCC1. The lowest BCUT2D eigenvalue weighted by Crippen LogP contribution is -2.40. The van der Waals surface area contributed by atoms with Crippen molar-refractivity contribution in [3.05, 3.63) is 0 Å². The molecular weight excluding hydrogens is 196 g/mol. The van der Waals surface area contributed by atoms with Crippen molar-refractivity contribution in [2.75, 3.05) is 37.7 Å². The van der Waals surface area contributed by atoms with Gasteiger partial charge in [-0.1, -0.05) is 13.8 Å². The fourth-order valence-electron chi connectivity index (χ4n) is 1.37. The van der Waals surface area contributed by atoms with Crippen LogP contribution >= 0.6 is 11.8 Å². The Bertz CT molecular complexity index is 179. The van der Waals surface area contributed by atoms with Crippen LogP contribution in [0, 0.1) is 5.92 Å². The van der Waals surface area contributed by atoms with Crippen LogP contribution in [0.25, 0.3) is 0 Å². The summed E-state index contributed by atoms with van der Waals surface area (Å²) in [6.07, 6.45) is 0. The summed E-state index contributed by atoms with van der Waals surface area (Å²) in [7, 11) is 0. The number of nitrogens with zero attached hydrogens (tertiary/aromatic N) is 1. The summed E-state index contributed by atoms with van der Waals surface area (Å²) in [6, 6.07) is 0. The van der Waals surface area contributed by atoms with E-state index in [1.54, 1.807) is 0 Å². The minimum absolute atomic E-state index is 0.104. The number of nitrogens with one attached hydrogen (secondary N) is 1. The second-order valence-electron chi connectivity index (χ2n) is 3.90. The quantitative estimate of drug-likeness (QED) is 0.755. The van der Waals surface area contributed by atoms with Gasteiger partial charge in [0.1, 0.15) is 0 Å². The summed E-state index contributed by atoms with van der Waals surface area (Å²) in [5.41, 5.74) is 0. The molecule has 14 heavy (non-hydrogen) atoms. The zero-order valence-corrected chi connectivity index (χ0v) is 9.90. The van der Waals surface area contributed by atoms with E-state index in [0.717, 1.165) is 13.1 Å². The van der Waals surface area contributed by atoms with Gasteiger partial charge < -0.3 is 5.32 Å². The molecule has 1 N–H and O–H groups in total. The van der Waals surface area contributed by atoms with Crippen LogP contribution < -0.4 is 5.32 Å². The van der Waals surface area contributed by atoms with E-state index in [1.165, 1.54) is 24.6 Å². The molecular formula is C10H20N2OS. The summed E-state index contributed by atoms with van der Waals surface area (Å²) in [5.74, 6) is 2.74. The molecule has 82 valence electrons. The zero-order valence-electron chi connectivity index (χ0n) is 9.08. The maximum atomic E-state index is 11.3. The van der Waals surface area contributed by atoms with Crippen LogP contribution in [0.2, 0.25) is 0 Å². The molecule has 0 unspecified atom stereocenters. The highest BCUT2D eigenvalue weighted by Crippen LogP contribution is 2.07. The Balaban J connectivity index is 2.05. The first-order valence-corrected chi connectivity index (χ1v) is 6.43. The van der Waals surface area contributed by atoms with Crippen molar-refractivity contribution in [3.8, 4) is 0 Å². The van der Waals surface area contributed by atoms with E-state index in [1.807, 2.05) is 25.6 Å². The second-order valence-corrected chi connectivity index (χ2v) is 5.12. The van der Waals surface area contributed by atoms with Crippen LogP contribution in [0.4, 0.5) is 0 Å². The van der Waals surface area contributed by atoms with Gasteiger partial charge in [-0.05, 0) is 0 Å². The van der Waals surface area contributed by atoms with Gasteiger partial charge >= 0.3 is 0 Å². The smallest absolute Gasteiger partial charge is 0.222 e. The normalized spacial score (nSPS) is 18.5. The third-order valence-electron chi connectivity index (χ3n) is 2.36. The van der Waals surface area contributed by atoms with Crippen LogP contribution in [0.15, 0.2) is 0 Å². The van der Waals surface area contributed by atoms with Gasteiger partial charge in [-0.25, -0.2) is 0 Å². The average Bonchev–Trinajstić information content (AvgIpc) is 2.19. The highest BCUT2D eigenvalue weighted by atomic mass is 32.2. The maximum absolute atomic E-state index is 11.3. The number of rotatable bonds is 4. The zero-order chi connectivity index (χ0) is 10.4. The largest absolute Gasteiger partial charge is 0.355 e. The molecule has 1 saturated heterocycles. The van der Waals surface area contributed by atoms with Gasteiger partial charge in [0.15, 0.2) is 0 Å². The summed E-state index contributed by atoms with van der Waals surface area (Å²) >= 11 is 2.01. The Kier molecular flexibility index (Phi) is 5.33. The Morgan fingerprint density at radius 1 is 1.43 bits per heavy atom. The predicted octanol–water partition coefficient (Wildman–Crippen LogP) is 0.807. The molecule has 1 rings (SSSR count). The summed E-state index contributed by atoms with van der Waals surface area (Å²) in [6.45, 7) is 7.98. The van der Waals surface area contributed by atoms with Crippen LogP contribution in [0.3, 0.4) is 0 Å². The third-order valence-corrected chi connectivity index (χ3v) is 3.30. The minimum atomic E-state index is 0.104. The van der Waals surface area contributed by atoms with Crippen LogP contribution in [-0.4, -0.2) is 48.5 Å². The molecule has 0 spiro atoms. The fraction of sp³-hybridized carbons (Fsp3) is 0.900. The van der Waals surface area contributed by atoms with E-state index in [4.69, 9.17) is 0 Å². The van der Waals surface area contributed by atoms with Gasteiger partial charge in [-0.3, -0.25) is 9.69 Å². The van der Waals surface area contributed by atoms with Crippen molar-refractivity contribution < 1.29 is 4.79 Å². The van der Waals surface area contributed by atoms with Crippen molar-refractivity contribution in [2.24, 2.45) is 5.92 Å². The Morgan fingerprint density at radius 3 is 2.64 bits per heavy atom. The van der Waals surface area contributed by atoms with Crippen LogP contribution in [0.1, 0.15) is 13.8 Å². The van der Waals surface area contributed by atoms with Crippen LogP contribution in [0.5, 0.6) is 0 Å². The molecule has 0 aromatic carbocycles. The molecule has 0 bridgehead atoms. The monoisotopic (exact) mass is 216 g/mol. The standard InChI is InChI=1S/C10H20N2OS/c1-9(2)10(13)11-3-4-12-5-7-14-8-6-12/h9H,3-8H2,1-2H3,(H,11,13). The first-order valence-electron chi connectivity index (χ1n) is 5.28. The molecule has 3 nitrogen and oxygen atoms in total. The maximum Gasteiger partial charge on any atom is 0.222 e. The Morgan fingerprint density at radius 2 is 2.07 bits per heavy atom. The van der Waals surface area contributed by atoms with E-state index in [-0.39, 0.29) is 11.8 Å².